The first kappa shape index (κ1) is 15.5. The largest absolute Gasteiger partial charge is 0.451 e. The number of carbonyl (C=O) groups is 1. The van der Waals surface area contributed by atoms with Crippen molar-refractivity contribution in [3.05, 3.63) is 35.9 Å². The van der Waals surface area contributed by atoms with Crippen LogP contribution in [0, 0.1) is 0 Å². The average Bonchev–Trinajstić information content (AvgIpc) is 3.18. The quantitative estimate of drug-likeness (QED) is 0.690. The second-order valence-electron chi connectivity index (χ2n) is 5.64. The van der Waals surface area contributed by atoms with Crippen LogP contribution in [0.15, 0.2) is 24.3 Å². The molecule has 11 heteroatoms. The van der Waals surface area contributed by atoms with E-state index in [4.69, 9.17) is 0 Å². The Hall–Kier alpha value is -2.98. The first-order valence-electron chi connectivity index (χ1n) is 7.49. The summed E-state index contributed by atoms with van der Waals surface area (Å²) in [5.74, 6) is -1.18. The molecule has 2 aromatic heterocycles. The number of aromatic nitrogens is 6. The molecule has 130 valence electrons. The number of alkyl halides is 3. The number of carbonyl (C=O) groups excluding carboxylic acids is 1. The minimum atomic E-state index is -4.56. The number of hydrogen-bond acceptors (Lipinski definition) is 5. The van der Waals surface area contributed by atoms with Gasteiger partial charge in [-0.1, -0.05) is 17.3 Å². The van der Waals surface area contributed by atoms with E-state index in [1.54, 1.807) is 12.1 Å². The van der Waals surface area contributed by atoms with Crippen molar-refractivity contribution >= 4 is 16.9 Å². The third-order valence-electron chi connectivity index (χ3n) is 4.06. The normalized spacial score (nSPS) is 14.8. The smallest absolute Gasteiger partial charge is 0.332 e. The molecule has 1 aromatic carbocycles. The van der Waals surface area contributed by atoms with E-state index in [2.05, 4.69) is 20.5 Å². The van der Waals surface area contributed by atoms with Crippen molar-refractivity contribution in [2.45, 2.75) is 25.8 Å². The molecule has 0 N–H and O–H groups in total. The Morgan fingerprint density at radius 2 is 1.92 bits per heavy atom. The summed E-state index contributed by atoms with van der Waals surface area (Å²) >= 11 is 0. The van der Waals surface area contributed by atoms with Crippen molar-refractivity contribution in [3.63, 3.8) is 0 Å². The van der Waals surface area contributed by atoms with Crippen LogP contribution < -0.4 is 0 Å². The molecule has 3 aromatic rings. The molecule has 4 rings (SSSR count). The lowest BCUT2D eigenvalue weighted by Crippen LogP contribution is -2.41. The van der Waals surface area contributed by atoms with E-state index in [-0.39, 0.29) is 37.9 Å². The van der Waals surface area contributed by atoms with Crippen LogP contribution >= 0.6 is 0 Å². The predicted octanol–water partition coefficient (Wildman–Crippen LogP) is 1.08. The Balaban J connectivity index is 1.52. The van der Waals surface area contributed by atoms with Gasteiger partial charge in [0.05, 0.1) is 12.1 Å². The van der Waals surface area contributed by atoms with E-state index in [9.17, 15) is 18.0 Å². The molecule has 0 radical (unpaired) electrons. The van der Waals surface area contributed by atoms with Gasteiger partial charge in [-0.15, -0.1) is 15.3 Å². The molecule has 0 aliphatic carbocycles. The van der Waals surface area contributed by atoms with Crippen molar-refractivity contribution in [1.82, 2.24) is 34.7 Å². The molecule has 0 spiro atoms. The number of halogens is 3. The third kappa shape index (κ3) is 2.71. The van der Waals surface area contributed by atoms with Crippen molar-refractivity contribution in [2.75, 3.05) is 6.54 Å². The number of hydrogen-bond donors (Lipinski definition) is 0. The Labute approximate surface area is 138 Å². The monoisotopic (exact) mass is 351 g/mol. The van der Waals surface area contributed by atoms with Crippen LogP contribution in [-0.2, 0) is 30.6 Å². The summed E-state index contributed by atoms with van der Waals surface area (Å²) < 4.78 is 41.0. The zero-order valence-electron chi connectivity index (χ0n) is 12.8. The fourth-order valence-corrected chi connectivity index (χ4v) is 2.84. The fourth-order valence-electron chi connectivity index (χ4n) is 2.84. The lowest BCUT2D eigenvalue weighted by molar-refractivity contribution is -0.148. The van der Waals surface area contributed by atoms with Gasteiger partial charge in [0.1, 0.15) is 12.1 Å². The highest BCUT2D eigenvalue weighted by atomic mass is 19.4. The number of amides is 1. The lowest BCUT2D eigenvalue weighted by atomic mass is 10.3. The molecule has 0 unspecified atom stereocenters. The second-order valence-corrected chi connectivity index (χ2v) is 5.64. The molecule has 1 aliphatic rings. The van der Waals surface area contributed by atoms with Gasteiger partial charge < -0.3 is 9.47 Å². The molecule has 0 bridgehead atoms. The van der Waals surface area contributed by atoms with Crippen LogP contribution in [0.4, 0.5) is 13.2 Å². The average molecular weight is 351 g/mol. The Morgan fingerprint density at radius 1 is 1.12 bits per heavy atom. The summed E-state index contributed by atoms with van der Waals surface area (Å²) in [5.41, 5.74) is 1.39. The molecule has 0 saturated heterocycles. The standard InChI is InChI=1S/C14H12F3N7O/c15-14(16,17)13-20-19-11-7-22(5-6-23(11)13)12(25)8-24-10-4-2-1-3-9(10)18-21-24/h1-4H,5-8H2. The third-order valence-corrected chi connectivity index (χ3v) is 4.06. The van der Waals surface area contributed by atoms with Gasteiger partial charge in [0.25, 0.3) is 0 Å². The highest BCUT2D eigenvalue weighted by molar-refractivity contribution is 5.79. The molecular formula is C14H12F3N7O. The zero-order valence-corrected chi connectivity index (χ0v) is 12.8. The van der Waals surface area contributed by atoms with Gasteiger partial charge in [-0.05, 0) is 12.1 Å². The molecule has 25 heavy (non-hydrogen) atoms. The van der Waals surface area contributed by atoms with Gasteiger partial charge in [-0.2, -0.15) is 13.2 Å². The molecule has 3 heterocycles. The van der Waals surface area contributed by atoms with Crippen molar-refractivity contribution in [2.24, 2.45) is 0 Å². The van der Waals surface area contributed by atoms with Crippen molar-refractivity contribution in [1.29, 1.82) is 0 Å². The van der Waals surface area contributed by atoms with Gasteiger partial charge in [-0.3, -0.25) is 4.79 Å². The lowest BCUT2D eigenvalue weighted by Gasteiger charge is -2.28. The summed E-state index contributed by atoms with van der Waals surface area (Å²) in [7, 11) is 0. The number of fused-ring (bicyclic) bond motifs is 2. The maximum atomic E-state index is 12.8. The van der Waals surface area contributed by atoms with Crippen molar-refractivity contribution in [3.8, 4) is 0 Å². The number of benzene rings is 1. The zero-order chi connectivity index (χ0) is 17.6. The Kier molecular flexibility index (Phi) is 3.44. The highest BCUT2D eigenvalue weighted by Crippen LogP contribution is 2.29. The topological polar surface area (TPSA) is 81.7 Å². The summed E-state index contributed by atoms with van der Waals surface area (Å²) in [6.45, 7) is 0.0932. The minimum Gasteiger partial charge on any atom is -0.332 e. The van der Waals surface area contributed by atoms with Gasteiger partial charge in [-0.25, -0.2) is 4.68 Å². The van der Waals surface area contributed by atoms with Gasteiger partial charge >= 0.3 is 6.18 Å². The van der Waals surface area contributed by atoms with Crippen LogP contribution in [0.25, 0.3) is 11.0 Å². The Morgan fingerprint density at radius 3 is 2.72 bits per heavy atom. The summed E-state index contributed by atoms with van der Waals surface area (Å²) in [6, 6.07) is 7.21. The number of para-hydroxylation sites is 1. The van der Waals surface area contributed by atoms with E-state index in [0.717, 1.165) is 10.1 Å². The maximum absolute atomic E-state index is 12.8. The van der Waals surface area contributed by atoms with Crippen LogP contribution in [0.1, 0.15) is 11.6 Å². The Bertz CT molecular complexity index is 945. The van der Waals surface area contributed by atoms with Crippen molar-refractivity contribution < 1.29 is 18.0 Å². The summed E-state index contributed by atoms with van der Waals surface area (Å²) in [4.78, 5) is 13.9. The van der Waals surface area contributed by atoms with Gasteiger partial charge in [0, 0.05) is 13.1 Å². The minimum absolute atomic E-state index is 0.00101. The fraction of sp³-hybridized carbons (Fsp3) is 0.357. The maximum Gasteiger partial charge on any atom is 0.451 e. The first-order valence-corrected chi connectivity index (χ1v) is 7.49. The molecule has 0 atom stereocenters. The van der Waals surface area contributed by atoms with E-state index < -0.39 is 12.0 Å². The number of nitrogens with zero attached hydrogens (tertiary/aromatic N) is 7. The second kappa shape index (κ2) is 5.53. The van der Waals surface area contributed by atoms with Crippen LogP contribution in [-0.4, -0.2) is 47.1 Å². The first-order chi connectivity index (χ1) is 11.9. The van der Waals surface area contributed by atoms with E-state index in [1.165, 1.54) is 9.58 Å². The molecular weight excluding hydrogens is 339 g/mol. The molecule has 8 nitrogen and oxygen atoms in total. The van der Waals surface area contributed by atoms with E-state index >= 15 is 0 Å². The molecule has 1 amide bonds. The van der Waals surface area contributed by atoms with E-state index in [1.807, 2.05) is 12.1 Å². The summed E-state index contributed by atoms with van der Waals surface area (Å²) in [6.07, 6.45) is -4.56. The van der Waals surface area contributed by atoms with Gasteiger partial charge in [0.2, 0.25) is 11.7 Å². The molecule has 0 fully saturated rings. The van der Waals surface area contributed by atoms with Gasteiger partial charge in [0.15, 0.2) is 5.82 Å². The molecule has 0 saturated carbocycles. The summed E-state index contributed by atoms with van der Waals surface area (Å²) in [5, 5.41) is 14.7. The molecule has 1 aliphatic heterocycles. The van der Waals surface area contributed by atoms with E-state index in [0.29, 0.717) is 5.52 Å². The number of rotatable bonds is 2. The highest BCUT2D eigenvalue weighted by Gasteiger charge is 2.39. The SMILES string of the molecule is O=C(Cn1nnc2ccccc21)N1CCn2c(nnc2C(F)(F)F)C1. The predicted molar refractivity (Wildman–Crippen MR) is 78.0 cm³/mol. The van der Waals surface area contributed by atoms with Crippen LogP contribution in [0.5, 0.6) is 0 Å². The van der Waals surface area contributed by atoms with Crippen LogP contribution in [0.3, 0.4) is 0 Å². The van der Waals surface area contributed by atoms with Crippen LogP contribution in [0.2, 0.25) is 0 Å².